The van der Waals surface area contributed by atoms with Crippen molar-refractivity contribution in [3.8, 4) is 22.3 Å². The summed E-state index contributed by atoms with van der Waals surface area (Å²) >= 11 is 1.84. The Morgan fingerprint density at radius 2 is 1.02 bits per heavy atom. The molecule has 0 amide bonds. The van der Waals surface area contributed by atoms with Gasteiger partial charge in [-0.05, 0) is 77.4 Å². The average molecular weight is 684 g/mol. The van der Waals surface area contributed by atoms with Gasteiger partial charge in [0, 0.05) is 59.0 Å². The first-order valence-corrected chi connectivity index (χ1v) is 18.3. The lowest BCUT2D eigenvalue weighted by atomic mass is 10.0. The van der Waals surface area contributed by atoms with Crippen LogP contribution in [-0.4, -0.2) is 0 Å². The summed E-state index contributed by atoms with van der Waals surface area (Å²) in [4.78, 5) is 2.36. The summed E-state index contributed by atoms with van der Waals surface area (Å²) in [7, 11) is 0. The molecule has 0 aliphatic rings. The van der Waals surface area contributed by atoms with Gasteiger partial charge in [0.05, 0.1) is 5.39 Å². The highest BCUT2D eigenvalue weighted by molar-refractivity contribution is 7.25. The Morgan fingerprint density at radius 1 is 0.365 bits per heavy atom. The highest BCUT2D eigenvalue weighted by Crippen LogP contribution is 2.44. The van der Waals surface area contributed by atoms with Crippen molar-refractivity contribution in [1.82, 2.24) is 0 Å². The Bertz CT molecular complexity index is 3130. The summed E-state index contributed by atoms with van der Waals surface area (Å²) in [5.74, 6) is 0. The number of hydrogen-bond donors (Lipinski definition) is 0. The first kappa shape index (κ1) is 29.1. The number of rotatable bonds is 5. The van der Waals surface area contributed by atoms with Gasteiger partial charge < -0.3 is 13.7 Å². The Labute approximate surface area is 303 Å². The smallest absolute Gasteiger partial charge is 0.147 e. The van der Waals surface area contributed by atoms with E-state index in [9.17, 15) is 0 Å². The fourth-order valence-electron chi connectivity index (χ4n) is 7.84. The summed E-state index contributed by atoms with van der Waals surface area (Å²) in [6, 6.07) is 62.6. The third-order valence-electron chi connectivity index (χ3n) is 10.3. The van der Waals surface area contributed by atoms with Crippen LogP contribution < -0.4 is 4.90 Å². The third kappa shape index (κ3) is 4.51. The van der Waals surface area contributed by atoms with Gasteiger partial charge in [0.15, 0.2) is 0 Å². The van der Waals surface area contributed by atoms with Crippen LogP contribution in [0.2, 0.25) is 0 Å². The average Bonchev–Trinajstić information content (AvgIpc) is 3.89. The zero-order chi connectivity index (χ0) is 34.2. The van der Waals surface area contributed by atoms with Gasteiger partial charge in [-0.3, -0.25) is 0 Å². The molecule has 0 saturated heterocycles. The first-order valence-electron chi connectivity index (χ1n) is 17.5. The molecule has 52 heavy (non-hydrogen) atoms. The van der Waals surface area contributed by atoms with Crippen LogP contribution in [0.3, 0.4) is 0 Å². The van der Waals surface area contributed by atoms with E-state index < -0.39 is 0 Å². The monoisotopic (exact) mass is 683 g/mol. The van der Waals surface area contributed by atoms with Gasteiger partial charge in [0.2, 0.25) is 0 Å². The minimum Gasteiger partial charge on any atom is -0.456 e. The lowest BCUT2D eigenvalue weighted by molar-refractivity contribution is 0.663. The van der Waals surface area contributed by atoms with Crippen LogP contribution in [0, 0.1) is 0 Å². The number of furan rings is 2. The molecule has 0 bridgehead atoms. The molecule has 0 spiro atoms. The highest BCUT2D eigenvalue weighted by Gasteiger charge is 2.20. The van der Waals surface area contributed by atoms with Gasteiger partial charge in [0.25, 0.3) is 0 Å². The normalized spacial score (nSPS) is 11.8. The maximum atomic E-state index is 6.85. The van der Waals surface area contributed by atoms with E-state index in [2.05, 4.69) is 169 Å². The van der Waals surface area contributed by atoms with Gasteiger partial charge >= 0.3 is 0 Å². The van der Waals surface area contributed by atoms with E-state index in [1.54, 1.807) is 0 Å². The molecule has 0 atom stereocenters. The predicted molar refractivity (Wildman–Crippen MR) is 219 cm³/mol. The molecule has 0 unspecified atom stereocenters. The van der Waals surface area contributed by atoms with Crippen molar-refractivity contribution < 1.29 is 8.83 Å². The number of anilines is 3. The largest absolute Gasteiger partial charge is 0.456 e. The topological polar surface area (TPSA) is 29.5 Å². The minimum atomic E-state index is 0.834. The first-order chi connectivity index (χ1) is 25.8. The number of benzene rings is 8. The van der Waals surface area contributed by atoms with Gasteiger partial charge in [-0.15, -0.1) is 11.3 Å². The van der Waals surface area contributed by atoms with Crippen LogP contribution in [0.5, 0.6) is 0 Å². The summed E-state index contributed by atoms with van der Waals surface area (Å²) in [5.41, 5.74) is 11.2. The zero-order valence-corrected chi connectivity index (χ0v) is 28.7. The van der Waals surface area contributed by atoms with E-state index >= 15 is 0 Å². The second-order valence-electron chi connectivity index (χ2n) is 13.3. The van der Waals surface area contributed by atoms with Crippen molar-refractivity contribution in [2.75, 3.05) is 4.90 Å². The SMILES string of the molecule is c1ccc(-c2ccc(N(c3cccc(-c4cccc5c4oc4c5ccc5oc6ccccc6c54)c3)c3ccc4c(c3)sc3ccccc34)cc2)cc1. The van der Waals surface area contributed by atoms with Crippen LogP contribution >= 0.6 is 11.3 Å². The molecular weight excluding hydrogens is 655 g/mol. The summed E-state index contributed by atoms with van der Waals surface area (Å²) in [5, 5.41) is 6.85. The fraction of sp³-hybridized carbons (Fsp3) is 0. The van der Waals surface area contributed by atoms with Crippen molar-refractivity contribution in [2.24, 2.45) is 0 Å². The van der Waals surface area contributed by atoms with E-state index in [-0.39, 0.29) is 0 Å². The van der Waals surface area contributed by atoms with E-state index in [0.29, 0.717) is 0 Å². The minimum absolute atomic E-state index is 0.834. The fourth-order valence-corrected chi connectivity index (χ4v) is 8.98. The maximum Gasteiger partial charge on any atom is 0.147 e. The summed E-state index contributed by atoms with van der Waals surface area (Å²) in [6.07, 6.45) is 0. The number of nitrogens with zero attached hydrogens (tertiary/aromatic N) is 1. The third-order valence-corrected chi connectivity index (χ3v) is 11.4. The quantitative estimate of drug-likeness (QED) is 0.181. The van der Waals surface area contributed by atoms with Crippen molar-refractivity contribution in [1.29, 1.82) is 0 Å². The van der Waals surface area contributed by atoms with Crippen LogP contribution in [-0.2, 0) is 0 Å². The summed E-state index contributed by atoms with van der Waals surface area (Å²) < 4.78 is 15.6. The van der Waals surface area contributed by atoms with Gasteiger partial charge in [0.1, 0.15) is 22.3 Å². The Morgan fingerprint density at radius 3 is 1.92 bits per heavy atom. The molecule has 0 N–H and O–H groups in total. The Hall–Kier alpha value is -6.62. The van der Waals surface area contributed by atoms with Gasteiger partial charge in [-0.1, -0.05) is 115 Å². The molecule has 3 nitrogen and oxygen atoms in total. The lowest BCUT2D eigenvalue weighted by Gasteiger charge is -2.26. The number of para-hydroxylation sites is 2. The Balaban J connectivity index is 1.09. The van der Waals surface area contributed by atoms with Crippen molar-refractivity contribution in [2.45, 2.75) is 0 Å². The van der Waals surface area contributed by atoms with Gasteiger partial charge in [-0.25, -0.2) is 0 Å². The molecule has 11 aromatic rings. The van der Waals surface area contributed by atoms with Crippen LogP contribution in [0.4, 0.5) is 17.1 Å². The van der Waals surface area contributed by atoms with Crippen molar-refractivity contribution in [3.05, 3.63) is 176 Å². The molecule has 0 saturated carbocycles. The molecule has 11 rings (SSSR count). The number of fused-ring (bicyclic) bond motifs is 10. The predicted octanol–water partition coefficient (Wildman–Crippen LogP) is 14.7. The van der Waals surface area contributed by atoms with Crippen molar-refractivity contribution in [3.63, 3.8) is 0 Å². The molecule has 8 aromatic carbocycles. The van der Waals surface area contributed by atoms with E-state index in [4.69, 9.17) is 8.83 Å². The molecular formula is C48H29NO2S. The number of thiophene rings is 1. The highest BCUT2D eigenvalue weighted by atomic mass is 32.1. The molecule has 0 fully saturated rings. The van der Waals surface area contributed by atoms with Crippen LogP contribution in [0.25, 0.3) is 86.3 Å². The van der Waals surface area contributed by atoms with Crippen LogP contribution in [0.1, 0.15) is 0 Å². The van der Waals surface area contributed by atoms with Crippen LogP contribution in [0.15, 0.2) is 185 Å². The molecule has 3 heterocycles. The lowest BCUT2D eigenvalue weighted by Crippen LogP contribution is -2.09. The maximum absolute atomic E-state index is 6.85. The molecule has 244 valence electrons. The second kappa shape index (κ2) is 11.5. The molecule has 0 aliphatic carbocycles. The number of hydrogen-bond acceptors (Lipinski definition) is 4. The molecule has 0 radical (unpaired) electrons. The van der Waals surface area contributed by atoms with E-state index in [1.165, 1.54) is 31.3 Å². The van der Waals surface area contributed by atoms with E-state index in [1.807, 2.05) is 23.5 Å². The van der Waals surface area contributed by atoms with Crippen molar-refractivity contribution >= 4 is 92.4 Å². The molecule has 0 aliphatic heterocycles. The second-order valence-corrected chi connectivity index (χ2v) is 14.4. The van der Waals surface area contributed by atoms with Gasteiger partial charge in [-0.2, -0.15) is 0 Å². The standard InChI is InChI=1S/C48H29NO2S/c1-2-10-30(11-3-1)31-20-22-33(23-21-31)49(35-24-25-38-37-14-5-7-19-44(37)52-45(38)29-35)34-13-8-12-32(28-34)36-16-9-17-39-40-26-27-43-46(48(40)51-47(36)39)41-15-4-6-18-42(41)50-43/h1-29H. The molecule has 4 heteroatoms. The zero-order valence-electron chi connectivity index (χ0n) is 27.9. The van der Waals surface area contributed by atoms with E-state index in [0.717, 1.165) is 72.1 Å². The summed E-state index contributed by atoms with van der Waals surface area (Å²) in [6.45, 7) is 0. The molecule has 3 aromatic heterocycles. The Kier molecular flexibility index (Phi) is 6.42.